The van der Waals surface area contributed by atoms with Gasteiger partial charge in [0.25, 0.3) is 0 Å². The summed E-state index contributed by atoms with van der Waals surface area (Å²) in [6.07, 6.45) is 33.0. The number of unbranched alkanes of at least 4 members (excludes halogenated alkanes) is 24. The summed E-state index contributed by atoms with van der Waals surface area (Å²) in [7, 11) is 0. The van der Waals surface area contributed by atoms with Crippen LogP contribution in [0.5, 0.6) is 0 Å². The van der Waals surface area contributed by atoms with Crippen molar-refractivity contribution in [1.82, 2.24) is 4.90 Å². The van der Waals surface area contributed by atoms with Crippen molar-refractivity contribution in [2.75, 3.05) is 6.54 Å². The summed E-state index contributed by atoms with van der Waals surface area (Å²) < 4.78 is 5.61. The molecule has 0 radical (unpaired) electrons. The molecule has 1 rings (SSSR count). The third-order valence-electron chi connectivity index (χ3n) is 9.14. The fraction of sp³-hybridized carbons (Fsp3) is 0.919. The normalized spacial score (nSPS) is 16.6. The Hall–Kier alpha value is -1.59. The molecule has 0 aliphatic carbocycles. The number of carbonyl (C=O) groups excluding carboxylic acids is 2. The van der Waals surface area contributed by atoms with E-state index in [9.17, 15) is 19.5 Å². The molecule has 1 fully saturated rings. The summed E-state index contributed by atoms with van der Waals surface area (Å²) in [5, 5.41) is 9.67. The minimum Gasteiger partial charge on any atom is -0.480 e. The summed E-state index contributed by atoms with van der Waals surface area (Å²) >= 11 is 0. The molecule has 0 aromatic rings. The Labute approximate surface area is 265 Å². The predicted octanol–water partition coefficient (Wildman–Crippen LogP) is 10.5. The fourth-order valence-electron chi connectivity index (χ4n) is 6.36. The van der Waals surface area contributed by atoms with Gasteiger partial charge in [-0.3, -0.25) is 9.59 Å². The summed E-state index contributed by atoms with van der Waals surface area (Å²) in [4.78, 5) is 38.5. The van der Waals surface area contributed by atoms with Crippen LogP contribution in [0.4, 0.5) is 0 Å². The van der Waals surface area contributed by atoms with E-state index in [0.717, 1.165) is 38.5 Å². The first-order chi connectivity index (χ1) is 21.0. The van der Waals surface area contributed by atoms with E-state index in [2.05, 4.69) is 13.8 Å². The molecule has 0 saturated carbocycles. The van der Waals surface area contributed by atoms with E-state index in [0.29, 0.717) is 12.8 Å². The highest BCUT2D eigenvalue weighted by Crippen LogP contribution is 2.24. The van der Waals surface area contributed by atoms with Gasteiger partial charge in [0.05, 0.1) is 6.54 Å². The summed E-state index contributed by atoms with van der Waals surface area (Å²) in [6.45, 7) is 4.72. The van der Waals surface area contributed by atoms with E-state index >= 15 is 0 Å². The molecule has 1 heterocycles. The molecular formula is C37H69NO5. The molecule has 0 aromatic carbocycles. The van der Waals surface area contributed by atoms with Gasteiger partial charge in [-0.1, -0.05) is 168 Å². The Balaban J connectivity index is 2.08. The molecule has 2 atom stereocenters. The Morgan fingerprint density at radius 2 is 0.907 bits per heavy atom. The van der Waals surface area contributed by atoms with Gasteiger partial charge in [0, 0.05) is 19.3 Å². The molecule has 1 saturated heterocycles. The van der Waals surface area contributed by atoms with Gasteiger partial charge in [-0.05, 0) is 12.8 Å². The molecule has 1 amide bonds. The third-order valence-corrected chi connectivity index (χ3v) is 9.14. The van der Waals surface area contributed by atoms with Crippen molar-refractivity contribution in [1.29, 1.82) is 0 Å². The number of aliphatic carboxylic acids is 1. The zero-order valence-electron chi connectivity index (χ0n) is 28.4. The Morgan fingerprint density at radius 1 is 0.558 bits per heavy atom. The number of amides is 1. The molecule has 0 unspecified atom stereocenters. The number of carbonyl (C=O) groups is 3. The summed E-state index contributed by atoms with van der Waals surface area (Å²) in [5.41, 5.74) is 0. The molecule has 1 aliphatic rings. The van der Waals surface area contributed by atoms with E-state index in [4.69, 9.17) is 4.74 Å². The highest BCUT2D eigenvalue weighted by atomic mass is 16.5. The molecule has 6 nitrogen and oxygen atoms in total. The van der Waals surface area contributed by atoms with Crippen LogP contribution < -0.4 is 0 Å². The van der Waals surface area contributed by atoms with Crippen molar-refractivity contribution >= 4 is 17.8 Å². The lowest BCUT2D eigenvalue weighted by Crippen LogP contribution is -2.40. The van der Waals surface area contributed by atoms with E-state index in [-0.39, 0.29) is 24.8 Å². The molecule has 1 N–H and O–H groups in total. The van der Waals surface area contributed by atoms with Gasteiger partial charge < -0.3 is 14.7 Å². The molecule has 0 bridgehead atoms. The van der Waals surface area contributed by atoms with Crippen LogP contribution in [-0.2, 0) is 19.1 Å². The van der Waals surface area contributed by atoms with Gasteiger partial charge in [-0.15, -0.1) is 0 Å². The fourth-order valence-corrected chi connectivity index (χ4v) is 6.36. The lowest BCUT2D eigenvalue weighted by molar-refractivity contribution is -0.149. The van der Waals surface area contributed by atoms with Crippen LogP contribution in [0, 0.1) is 0 Å². The molecule has 6 heteroatoms. The zero-order chi connectivity index (χ0) is 31.4. The first-order valence-electron chi connectivity index (χ1n) is 18.7. The number of hydrogen-bond donors (Lipinski definition) is 1. The van der Waals surface area contributed by atoms with Crippen LogP contribution in [0.15, 0.2) is 0 Å². The number of rotatable bonds is 30. The number of likely N-dealkylation sites (tertiary alicyclic amines) is 1. The van der Waals surface area contributed by atoms with E-state index in [1.165, 1.54) is 133 Å². The van der Waals surface area contributed by atoms with Crippen molar-refractivity contribution in [3.05, 3.63) is 0 Å². The zero-order valence-corrected chi connectivity index (χ0v) is 28.4. The van der Waals surface area contributed by atoms with Crippen LogP contribution in [0.25, 0.3) is 0 Å². The Bertz CT molecular complexity index is 696. The number of esters is 1. The number of nitrogens with zero attached hydrogens (tertiary/aromatic N) is 1. The third kappa shape index (κ3) is 21.7. The van der Waals surface area contributed by atoms with Gasteiger partial charge in [0.15, 0.2) is 0 Å². The predicted molar refractivity (Wildman–Crippen MR) is 178 cm³/mol. The number of carboxylic acid groups (broad SMARTS) is 1. The lowest BCUT2D eigenvalue weighted by atomic mass is 10.0. The van der Waals surface area contributed by atoms with Gasteiger partial charge in [0.1, 0.15) is 12.1 Å². The van der Waals surface area contributed by atoms with Gasteiger partial charge in [-0.25, -0.2) is 4.79 Å². The largest absolute Gasteiger partial charge is 0.480 e. The van der Waals surface area contributed by atoms with Crippen molar-refractivity contribution in [2.24, 2.45) is 0 Å². The number of hydrogen-bond acceptors (Lipinski definition) is 4. The maximum atomic E-state index is 12.8. The van der Waals surface area contributed by atoms with Gasteiger partial charge >= 0.3 is 11.9 Å². The van der Waals surface area contributed by atoms with Gasteiger partial charge in [-0.2, -0.15) is 0 Å². The average molecular weight is 608 g/mol. The van der Waals surface area contributed by atoms with Crippen molar-refractivity contribution in [3.63, 3.8) is 0 Å². The maximum Gasteiger partial charge on any atom is 0.326 e. The molecule has 43 heavy (non-hydrogen) atoms. The smallest absolute Gasteiger partial charge is 0.326 e. The Kier molecular flexibility index (Phi) is 25.6. The van der Waals surface area contributed by atoms with Crippen LogP contribution >= 0.6 is 0 Å². The minimum atomic E-state index is -1.01. The minimum absolute atomic E-state index is 0.120. The van der Waals surface area contributed by atoms with Crippen molar-refractivity contribution in [3.8, 4) is 0 Å². The maximum absolute atomic E-state index is 12.8. The van der Waals surface area contributed by atoms with Crippen LogP contribution in [-0.4, -0.2) is 46.5 Å². The summed E-state index contributed by atoms with van der Waals surface area (Å²) in [6, 6.07) is -0.886. The second-order valence-electron chi connectivity index (χ2n) is 13.2. The first-order valence-corrected chi connectivity index (χ1v) is 18.7. The Morgan fingerprint density at radius 3 is 1.28 bits per heavy atom. The van der Waals surface area contributed by atoms with Crippen molar-refractivity contribution in [2.45, 2.75) is 212 Å². The average Bonchev–Trinajstić information content (AvgIpc) is 3.42. The number of carboxylic acids is 1. The molecule has 0 spiro atoms. The molecule has 1 aliphatic heterocycles. The quantitative estimate of drug-likeness (QED) is 0.0648. The first kappa shape index (κ1) is 39.4. The topological polar surface area (TPSA) is 83.9 Å². The highest BCUT2D eigenvalue weighted by molar-refractivity contribution is 5.84. The van der Waals surface area contributed by atoms with Crippen LogP contribution in [0.2, 0.25) is 0 Å². The van der Waals surface area contributed by atoms with E-state index in [1.54, 1.807) is 0 Å². The molecule has 0 aromatic heterocycles. The van der Waals surface area contributed by atoms with Crippen molar-refractivity contribution < 1.29 is 24.2 Å². The SMILES string of the molecule is CCCCCCCCCCCCCCCC(=O)O[C@@H]1C[C@H](C(=O)O)N(C(=O)CCCCCCCCCCCCCCC)C1. The van der Waals surface area contributed by atoms with E-state index < -0.39 is 18.1 Å². The number of ether oxygens (including phenoxy) is 1. The standard InChI is InChI=1S/C37H69NO5/c1-3-5-7-9-11-13-15-17-19-21-23-25-27-29-35(39)38-32-33(31-34(38)37(41)42)43-36(40)30-28-26-24-22-20-18-16-14-12-10-8-6-4-2/h33-34H,3-32H2,1-2H3,(H,41,42)/t33-,34-/m1/s1. The summed E-state index contributed by atoms with van der Waals surface area (Å²) in [5.74, 6) is -1.39. The highest BCUT2D eigenvalue weighted by Gasteiger charge is 2.41. The second-order valence-corrected chi connectivity index (χ2v) is 13.2. The van der Waals surface area contributed by atoms with Gasteiger partial charge in [0.2, 0.25) is 5.91 Å². The molecule has 252 valence electrons. The van der Waals surface area contributed by atoms with Crippen LogP contribution in [0.3, 0.4) is 0 Å². The lowest BCUT2D eigenvalue weighted by Gasteiger charge is -2.21. The van der Waals surface area contributed by atoms with E-state index in [1.807, 2.05) is 0 Å². The van der Waals surface area contributed by atoms with Crippen LogP contribution in [0.1, 0.15) is 200 Å². The second kappa shape index (κ2) is 27.9. The monoisotopic (exact) mass is 608 g/mol. The molecular weight excluding hydrogens is 538 g/mol.